The molecule has 94 valence electrons. The Morgan fingerprint density at radius 3 is 2.53 bits per heavy atom. The van der Waals surface area contributed by atoms with Gasteiger partial charge in [0.1, 0.15) is 4.90 Å². The number of nitrogens with two attached hydrogens (primary N) is 1. The second-order valence-electron chi connectivity index (χ2n) is 3.05. The van der Waals surface area contributed by atoms with Crippen molar-refractivity contribution in [2.45, 2.75) is 16.7 Å². The van der Waals surface area contributed by atoms with Crippen molar-refractivity contribution in [1.82, 2.24) is 4.72 Å². The third-order valence-electron chi connectivity index (χ3n) is 1.88. The minimum Gasteiger partial charge on any atom is -0.351 e. The van der Waals surface area contributed by atoms with Gasteiger partial charge in [0.05, 0.1) is 15.7 Å². The monoisotopic (exact) mass is 276 g/mol. The molecule has 0 radical (unpaired) electrons. The molecular weight excluding hydrogens is 264 g/mol. The number of primary amides is 1. The van der Waals surface area contributed by atoms with Gasteiger partial charge in [-0.1, -0.05) is 19.1 Å². The molecule has 0 aromatic heterocycles. The predicted octanol–water partition coefficient (Wildman–Crippen LogP) is 0.171. The fraction of sp³-hybridized carbons (Fsp3) is 0.222. The van der Waals surface area contributed by atoms with E-state index < -0.39 is 26.9 Å². The van der Waals surface area contributed by atoms with E-state index in [4.69, 9.17) is 5.73 Å². The number of benzene rings is 1. The van der Waals surface area contributed by atoms with Crippen LogP contribution in [0.4, 0.5) is 4.79 Å². The molecule has 1 aromatic rings. The Morgan fingerprint density at radius 2 is 2.00 bits per heavy atom. The summed E-state index contributed by atoms with van der Waals surface area (Å²) in [5.74, 6) is 0.281. The molecule has 0 aliphatic heterocycles. The molecule has 8 heteroatoms. The minimum atomic E-state index is -4.06. The lowest BCUT2D eigenvalue weighted by molar-refractivity contribution is 0.253. The zero-order chi connectivity index (χ0) is 13.1. The fourth-order valence-electron chi connectivity index (χ4n) is 1.20. The highest BCUT2D eigenvalue weighted by atomic mass is 32.2. The smallest absolute Gasteiger partial charge is 0.326 e. The van der Waals surface area contributed by atoms with Crippen LogP contribution in [0.2, 0.25) is 0 Å². The summed E-state index contributed by atoms with van der Waals surface area (Å²) in [6.45, 7) is 1.67. The van der Waals surface area contributed by atoms with Gasteiger partial charge in [0.15, 0.2) is 0 Å². The molecule has 0 saturated heterocycles. The topological polar surface area (TPSA) is 106 Å². The Labute approximate surface area is 102 Å². The normalized spacial score (nSPS) is 13.0. The van der Waals surface area contributed by atoms with Gasteiger partial charge in [0, 0.05) is 5.75 Å². The molecule has 0 spiro atoms. The fourth-order valence-corrected chi connectivity index (χ4v) is 3.61. The average Bonchev–Trinajstić information content (AvgIpc) is 2.26. The van der Waals surface area contributed by atoms with E-state index in [1.165, 1.54) is 18.2 Å². The summed E-state index contributed by atoms with van der Waals surface area (Å²) in [6, 6.07) is 4.59. The van der Waals surface area contributed by atoms with Crippen LogP contribution in [-0.2, 0) is 20.8 Å². The van der Waals surface area contributed by atoms with Crippen molar-refractivity contribution >= 4 is 26.9 Å². The zero-order valence-electron chi connectivity index (χ0n) is 9.04. The average molecular weight is 276 g/mol. The highest BCUT2D eigenvalue weighted by Crippen LogP contribution is 2.18. The van der Waals surface area contributed by atoms with Crippen molar-refractivity contribution < 1.29 is 17.4 Å². The van der Waals surface area contributed by atoms with Crippen molar-refractivity contribution in [3.8, 4) is 0 Å². The number of sulfonamides is 1. The van der Waals surface area contributed by atoms with Gasteiger partial charge in [0.2, 0.25) is 0 Å². The Bertz CT molecular complexity index is 554. The highest BCUT2D eigenvalue weighted by molar-refractivity contribution is 7.91. The lowest BCUT2D eigenvalue weighted by atomic mass is 10.4. The van der Waals surface area contributed by atoms with Crippen LogP contribution in [-0.4, -0.2) is 24.4 Å². The summed E-state index contributed by atoms with van der Waals surface area (Å²) in [6.07, 6.45) is 0. The van der Waals surface area contributed by atoms with Gasteiger partial charge in [0.25, 0.3) is 10.0 Å². The van der Waals surface area contributed by atoms with Crippen molar-refractivity contribution in [2.24, 2.45) is 5.73 Å². The first kappa shape index (κ1) is 13.7. The molecule has 1 unspecified atom stereocenters. The van der Waals surface area contributed by atoms with Crippen LogP contribution in [0.5, 0.6) is 0 Å². The number of rotatable bonds is 4. The van der Waals surface area contributed by atoms with E-state index in [9.17, 15) is 17.4 Å². The predicted molar refractivity (Wildman–Crippen MR) is 63.3 cm³/mol. The van der Waals surface area contributed by atoms with Crippen LogP contribution in [0.15, 0.2) is 34.1 Å². The van der Waals surface area contributed by atoms with Crippen LogP contribution in [0.1, 0.15) is 6.92 Å². The Kier molecular flexibility index (Phi) is 4.24. The molecule has 17 heavy (non-hydrogen) atoms. The van der Waals surface area contributed by atoms with Crippen molar-refractivity contribution in [2.75, 3.05) is 5.75 Å². The van der Waals surface area contributed by atoms with Gasteiger partial charge in [-0.15, -0.1) is 0 Å². The maximum absolute atomic E-state index is 11.7. The second kappa shape index (κ2) is 5.28. The molecule has 3 N–H and O–H groups in total. The second-order valence-corrected chi connectivity index (χ2v) is 6.41. The quantitative estimate of drug-likeness (QED) is 0.817. The molecule has 0 heterocycles. The van der Waals surface area contributed by atoms with Crippen LogP contribution in [0.3, 0.4) is 0 Å². The summed E-state index contributed by atoms with van der Waals surface area (Å²) in [7, 11) is -5.50. The molecule has 1 aromatic carbocycles. The first-order chi connectivity index (χ1) is 7.88. The van der Waals surface area contributed by atoms with Gasteiger partial charge in [-0.3, -0.25) is 4.21 Å². The molecule has 2 amide bonds. The number of carbonyl (C=O) groups excluding carboxylic acids is 1. The Hall–Kier alpha value is -1.41. The van der Waals surface area contributed by atoms with Crippen LogP contribution in [0, 0.1) is 0 Å². The summed E-state index contributed by atoms with van der Waals surface area (Å²) < 4.78 is 36.8. The molecule has 1 rings (SSSR count). The molecule has 6 nitrogen and oxygen atoms in total. The van der Waals surface area contributed by atoms with Crippen LogP contribution < -0.4 is 10.5 Å². The first-order valence-electron chi connectivity index (χ1n) is 4.68. The summed E-state index contributed by atoms with van der Waals surface area (Å²) >= 11 is 0. The summed E-state index contributed by atoms with van der Waals surface area (Å²) in [5.41, 5.74) is 4.77. The molecule has 0 bridgehead atoms. The highest BCUT2D eigenvalue weighted by Gasteiger charge is 2.21. The number of urea groups is 1. The van der Waals surface area contributed by atoms with Gasteiger partial charge < -0.3 is 5.73 Å². The van der Waals surface area contributed by atoms with E-state index in [1.807, 2.05) is 0 Å². The lowest BCUT2D eigenvalue weighted by Gasteiger charge is -2.08. The minimum absolute atomic E-state index is 0.156. The summed E-state index contributed by atoms with van der Waals surface area (Å²) in [5, 5.41) is 0. The Balaban J connectivity index is 3.32. The lowest BCUT2D eigenvalue weighted by Crippen LogP contribution is -2.35. The zero-order valence-corrected chi connectivity index (χ0v) is 10.7. The SMILES string of the molecule is CCS(=O)c1ccccc1S(=O)(=O)NC(N)=O. The van der Waals surface area contributed by atoms with Gasteiger partial charge >= 0.3 is 6.03 Å². The Morgan fingerprint density at radius 1 is 1.41 bits per heavy atom. The maximum atomic E-state index is 11.7. The van der Waals surface area contributed by atoms with Gasteiger partial charge in [-0.2, -0.15) is 0 Å². The number of hydrogen-bond donors (Lipinski definition) is 2. The van der Waals surface area contributed by atoms with E-state index in [0.29, 0.717) is 0 Å². The molecule has 0 saturated carbocycles. The van der Waals surface area contributed by atoms with Gasteiger partial charge in [-0.25, -0.2) is 17.9 Å². The van der Waals surface area contributed by atoms with Gasteiger partial charge in [-0.05, 0) is 12.1 Å². The molecule has 0 aliphatic rings. The van der Waals surface area contributed by atoms with Crippen LogP contribution >= 0.6 is 0 Å². The molecule has 0 fully saturated rings. The summed E-state index contributed by atoms with van der Waals surface area (Å²) in [4.78, 5) is 10.6. The molecular formula is C9H12N2O4S2. The van der Waals surface area contributed by atoms with Crippen molar-refractivity contribution in [3.05, 3.63) is 24.3 Å². The third kappa shape index (κ3) is 3.27. The van der Waals surface area contributed by atoms with E-state index in [0.717, 1.165) is 0 Å². The van der Waals surface area contributed by atoms with E-state index in [-0.39, 0.29) is 15.5 Å². The third-order valence-corrected chi connectivity index (χ3v) is 4.79. The largest absolute Gasteiger partial charge is 0.351 e. The number of amides is 2. The first-order valence-corrected chi connectivity index (χ1v) is 7.48. The van der Waals surface area contributed by atoms with Crippen molar-refractivity contribution in [1.29, 1.82) is 0 Å². The van der Waals surface area contributed by atoms with Crippen LogP contribution in [0.25, 0.3) is 0 Å². The molecule has 1 atom stereocenters. The molecule has 0 aliphatic carbocycles. The number of hydrogen-bond acceptors (Lipinski definition) is 4. The van der Waals surface area contributed by atoms with E-state index >= 15 is 0 Å². The number of nitrogens with one attached hydrogen (secondary N) is 1. The maximum Gasteiger partial charge on any atom is 0.326 e. The standard InChI is InChI=1S/C9H12N2O4S2/c1-2-16(13)7-5-3-4-6-8(7)17(14,15)11-9(10)12/h3-6H,2H2,1H3,(H3,10,11,12). The van der Waals surface area contributed by atoms with E-state index in [2.05, 4.69) is 0 Å². The van der Waals surface area contributed by atoms with E-state index in [1.54, 1.807) is 17.7 Å². The van der Waals surface area contributed by atoms with Crippen molar-refractivity contribution in [3.63, 3.8) is 0 Å². The number of carbonyl (C=O) groups is 1.